The molecule has 2 N–H and O–H groups in total. The van der Waals surface area contributed by atoms with Crippen molar-refractivity contribution in [3.63, 3.8) is 0 Å². The van der Waals surface area contributed by atoms with E-state index in [1.54, 1.807) is 6.07 Å². The molecule has 0 unspecified atom stereocenters. The Labute approximate surface area is 114 Å². The summed E-state index contributed by atoms with van der Waals surface area (Å²) < 4.78 is 0. The van der Waals surface area contributed by atoms with Crippen molar-refractivity contribution >= 4 is 5.57 Å². The third-order valence-electron chi connectivity index (χ3n) is 5.29. The zero-order valence-corrected chi connectivity index (χ0v) is 11.7. The van der Waals surface area contributed by atoms with Gasteiger partial charge in [-0.15, -0.1) is 0 Å². The third-order valence-corrected chi connectivity index (χ3v) is 5.29. The number of aliphatic hydroxyl groups excluding tert-OH is 1. The van der Waals surface area contributed by atoms with Crippen LogP contribution in [0.1, 0.15) is 43.7 Å². The van der Waals surface area contributed by atoms with E-state index < -0.39 is 0 Å². The largest absolute Gasteiger partial charge is 0.508 e. The van der Waals surface area contributed by atoms with Gasteiger partial charge in [-0.05, 0) is 67.4 Å². The summed E-state index contributed by atoms with van der Waals surface area (Å²) in [6, 6.07) is 5.61. The second kappa shape index (κ2) is 4.38. The number of fused-ring (bicyclic) bond motifs is 1. The second-order valence-electron chi connectivity index (χ2n) is 6.43. The molecule has 0 radical (unpaired) electrons. The molecule has 19 heavy (non-hydrogen) atoms. The van der Waals surface area contributed by atoms with Crippen LogP contribution < -0.4 is 0 Å². The average molecular weight is 258 g/mol. The summed E-state index contributed by atoms with van der Waals surface area (Å²) in [5.41, 5.74) is 3.85. The van der Waals surface area contributed by atoms with Crippen LogP contribution in [0.25, 0.3) is 5.57 Å². The lowest BCUT2D eigenvalue weighted by molar-refractivity contribution is 0.0400. The predicted octanol–water partition coefficient (Wildman–Crippen LogP) is 3.66. The highest BCUT2D eigenvalue weighted by Gasteiger charge is 2.46. The van der Waals surface area contributed by atoms with Gasteiger partial charge in [-0.25, -0.2) is 0 Å². The third kappa shape index (κ3) is 1.99. The molecule has 0 amide bonds. The summed E-state index contributed by atoms with van der Waals surface area (Å²) in [5, 5.41) is 19.7. The summed E-state index contributed by atoms with van der Waals surface area (Å²) >= 11 is 0. The number of phenols is 1. The topological polar surface area (TPSA) is 40.5 Å². The molecule has 0 saturated heterocycles. The van der Waals surface area contributed by atoms with E-state index >= 15 is 0 Å². The van der Waals surface area contributed by atoms with Crippen molar-refractivity contribution in [2.45, 2.75) is 45.6 Å². The molecule has 2 aliphatic rings. The molecule has 3 rings (SSSR count). The van der Waals surface area contributed by atoms with E-state index in [-0.39, 0.29) is 11.5 Å². The molecule has 1 aromatic rings. The maximum absolute atomic E-state index is 10.2. The maximum atomic E-state index is 10.2. The van der Waals surface area contributed by atoms with Crippen LogP contribution in [-0.2, 0) is 0 Å². The molecule has 1 aromatic carbocycles. The monoisotopic (exact) mass is 258 g/mol. The Hall–Kier alpha value is -1.28. The molecule has 0 aromatic heterocycles. The minimum absolute atomic E-state index is 0.0777. The van der Waals surface area contributed by atoms with Gasteiger partial charge in [-0.2, -0.15) is 0 Å². The first-order valence-corrected chi connectivity index (χ1v) is 7.18. The van der Waals surface area contributed by atoms with Crippen LogP contribution in [0.4, 0.5) is 0 Å². The summed E-state index contributed by atoms with van der Waals surface area (Å²) in [6.45, 7) is 4.28. The molecule has 0 bridgehead atoms. The Balaban J connectivity index is 1.92. The standard InChI is InChI=1S/C17H22O2/c1-11-9-14(18)4-5-15(11)12-7-8-17(2)13(10-12)3-6-16(17)19/h4-5,7,9,13,16,18-19H,3,6,8,10H2,1-2H3/t13-,16+,17+/m1/s1. The van der Waals surface area contributed by atoms with E-state index in [2.05, 4.69) is 13.0 Å². The molecule has 1 fully saturated rings. The number of hydrogen-bond acceptors (Lipinski definition) is 2. The lowest BCUT2D eigenvalue weighted by atomic mass is 9.68. The summed E-state index contributed by atoms with van der Waals surface area (Å²) in [4.78, 5) is 0. The number of aromatic hydroxyl groups is 1. The summed E-state index contributed by atoms with van der Waals surface area (Å²) in [7, 11) is 0. The fraction of sp³-hybridized carbons (Fsp3) is 0.529. The molecule has 3 atom stereocenters. The van der Waals surface area contributed by atoms with Crippen molar-refractivity contribution in [2.24, 2.45) is 11.3 Å². The molecular weight excluding hydrogens is 236 g/mol. The van der Waals surface area contributed by atoms with Crippen molar-refractivity contribution in [3.05, 3.63) is 35.4 Å². The van der Waals surface area contributed by atoms with Crippen LogP contribution in [0.15, 0.2) is 24.3 Å². The van der Waals surface area contributed by atoms with Crippen LogP contribution >= 0.6 is 0 Å². The fourth-order valence-electron chi connectivity index (χ4n) is 3.85. The van der Waals surface area contributed by atoms with Gasteiger partial charge in [0.2, 0.25) is 0 Å². The fourth-order valence-corrected chi connectivity index (χ4v) is 3.85. The van der Waals surface area contributed by atoms with Gasteiger partial charge in [-0.1, -0.05) is 19.1 Å². The first-order chi connectivity index (χ1) is 9.00. The van der Waals surface area contributed by atoms with Crippen LogP contribution in [0.2, 0.25) is 0 Å². The second-order valence-corrected chi connectivity index (χ2v) is 6.43. The zero-order chi connectivity index (χ0) is 13.6. The molecule has 102 valence electrons. The smallest absolute Gasteiger partial charge is 0.115 e. The Morgan fingerprint density at radius 2 is 2.05 bits per heavy atom. The van der Waals surface area contributed by atoms with Gasteiger partial charge in [0.1, 0.15) is 5.75 Å². The molecule has 2 aliphatic carbocycles. The zero-order valence-electron chi connectivity index (χ0n) is 11.7. The molecule has 0 heterocycles. The first kappa shape index (κ1) is 12.7. The van der Waals surface area contributed by atoms with Crippen LogP contribution in [0.5, 0.6) is 5.75 Å². The van der Waals surface area contributed by atoms with Gasteiger partial charge >= 0.3 is 0 Å². The predicted molar refractivity (Wildman–Crippen MR) is 76.9 cm³/mol. The van der Waals surface area contributed by atoms with Crippen LogP contribution in [0.3, 0.4) is 0 Å². The van der Waals surface area contributed by atoms with E-state index in [9.17, 15) is 10.2 Å². The number of benzene rings is 1. The van der Waals surface area contributed by atoms with Crippen LogP contribution in [0, 0.1) is 18.3 Å². The molecule has 2 heteroatoms. The van der Waals surface area contributed by atoms with E-state index in [1.165, 1.54) is 11.1 Å². The molecular formula is C17H22O2. The lowest BCUT2D eigenvalue weighted by Gasteiger charge is -2.38. The van der Waals surface area contributed by atoms with Gasteiger partial charge in [0, 0.05) is 5.41 Å². The molecule has 1 saturated carbocycles. The van der Waals surface area contributed by atoms with Gasteiger partial charge in [0.25, 0.3) is 0 Å². The highest BCUT2D eigenvalue weighted by molar-refractivity contribution is 5.70. The highest BCUT2D eigenvalue weighted by atomic mass is 16.3. The summed E-state index contributed by atoms with van der Waals surface area (Å²) in [5.74, 6) is 0.925. The van der Waals surface area contributed by atoms with E-state index in [0.29, 0.717) is 11.7 Å². The lowest BCUT2D eigenvalue weighted by Crippen LogP contribution is -2.34. The van der Waals surface area contributed by atoms with E-state index in [0.717, 1.165) is 31.2 Å². The molecule has 2 nitrogen and oxygen atoms in total. The van der Waals surface area contributed by atoms with E-state index in [1.807, 2.05) is 19.1 Å². The quantitative estimate of drug-likeness (QED) is 0.807. The molecule has 0 spiro atoms. The van der Waals surface area contributed by atoms with Crippen molar-refractivity contribution in [1.82, 2.24) is 0 Å². The maximum Gasteiger partial charge on any atom is 0.115 e. The minimum atomic E-state index is -0.142. The van der Waals surface area contributed by atoms with Gasteiger partial charge in [-0.3, -0.25) is 0 Å². The van der Waals surface area contributed by atoms with Gasteiger partial charge in [0.05, 0.1) is 6.10 Å². The van der Waals surface area contributed by atoms with Gasteiger partial charge < -0.3 is 10.2 Å². The Morgan fingerprint density at radius 1 is 1.26 bits per heavy atom. The van der Waals surface area contributed by atoms with E-state index in [4.69, 9.17) is 0 Å². The number of aryl methyl sites for hydroxylation is 1. The van der Waals surface area contributed by atoms with Crippen molar-refractivity contribution in [3.8, 4) is 5.75 Å². The average Bonchev–Trinajstić information content (AvgIpc) is 2.66. The minimum Gasteiger partial charge on any atom is -0.508 e. The Kier molecular flexibility index (Phi) is 2.94. The number of phenolic OH excluding ortho intramolecular Hbond substituents is 1. The van der Waals surface area contributed by atoms with Crippen molar-refractivity contribution in [1.29, 1.82) is 0 Å². The SMILES string of the molecule is Cc1cc(O)ccc1C1=CC[C@@]2(C)[C@H](CC[C@@H]2O)C1. The number of hydrogen-bond donors (Lipinski definition) is 2. The number of rotatable bonds is 1. The molecule has 0 aliphatic heterocycles. The van der Waals surface area contributed by atoms with Gasteiger partial charge in [0.15, 0.2) is 0 Å². The number of allylic oxidation sites excluding steroid dienone is 2. The summed E-state index contributed by atoms with van der Waals surface area (Å²) in [6.07, 6.45) is 6.25. The highest BCUT2D eigenvalue weighted by Crippen LogP contribution is 2.53. The van der Waals surface area contributed by atoms with Crippen molar-refractivity contribution in [2.75, 3.05) is 0 Å². The Morgan fingerprint density at radius 3 is 2.79 bits per heavy atom. The normalized spacial score (nSPS) is 33.9. The Bertz CT molecular complexity index is 532. The first-order valence-electron chi connectivity index (χ1n) is 7.18. The van der Waals surface area contributed by atoms with Crippen LogP contribution in [-0.4, -0.2) is 16.3 Å². The number of aliphatic hydroxyl groups is 1. The van der Waals surface area contributed by atoms with Crippen molar-refractivity contribution < 1.29 is 10.2 Å².